The third-order valence-electron chi connectivity index (χ3n) is 2.50. The lowest BCUT2D eigenvalue weighted by molar-refractivity contribution is 0.0952. The molecule has 0 saturated carbocycles. The Morgan fingerprint density at radius 3 is 2.61 bits per heavy atom. The van der Waals surface area contributed by atoms with Crippen molar-refractivity contribution in [1.82, 2.24) is 5.32 Å². The van der Waals surface area contributed by atoms with Crippen LogP contribution >= 0.6 is 27.5 Å². The number of unbranched alkanes of at least 4 members (excludes halogenated alkanes) is 3. The first kappa shape index (κ1) is 15.5. The predicted molar refractivity (Wildman–Crippen MR) is 77.0 cm³/mol. The maximum atomic E-state index is 11.8. The number of rotatable bonds is 7. The van der Waals surface area contributed by atoms with Gasteiger partial charge in [-0.3, -0.25) is 4.79 Å². The SMILES string of the molecule is O=C(NCCCCCCO)c1cc(Cl)cc(Br)c1. The maximum absolute atomic E-state index is 11.8. The fourth-order valence-corrected chi connectivity index (χ4v) is 2.44. The molecule has 18 heavy (non-hydrogen) atoms. The van der Waals surface area contributed by atoms with Crippen molar-refractivity contribution in [2.24, 2.45) is 0 Å². The zero-order valence-corrected chi connectivity index (χ0v) is 12.4. The van der Waals surface area contributed by atoms with Gasteiger partial charge in [0.1, 0.15) is 0 Å². The molecule has 2 N–H and O–H groups in total. The molecule has 5 heteroatoms. The number of halogens is 2. The van der Waals surface area contributed by atoms with E-state index in [4.69, 9.17) is 16.7 Å². The molecule has 0 atom stereocenters. The second kappa shape index (κ2) is 8.51. The normalized spacial score (nSPS) is 10.4. The van der Waals surface area contributed by atoms with Crippen LogP contribution in [0.4, 0.5) is 0 Å². The number of benzene rings is 1. The largest absolute Gasteiger partial charge is 0.396 e. The molecular formula is C13H17BrClNO2. The fourth-order valence-electron chi connectivity index (χ4n) is 1.58. The Morgan fingerprint density at radius 1 is 1.22 bits per heavy atom. The van der Waals surface area contributed by atoms with Crippen LogP contribution in [0.3, 0.4) is 0 Å². The fraction of sp³-hybridized carbons (Fsp3) is 0.462. The topological polar surface area (TPSA) is 49.3 Å². The van der Waals surface area contributed by atoms with Gasteiger partial charge in [0.25, 0.3) is 5.91 Å². The van der Waals surface area contributed by atoms with Gasteiger partial charge in [-0.1, -0.05) is 40.4 Å². The lowest BCUT2D eigenvalue weighted by Gasteiger charge is -2.06. The predicted octanol–water partition coefficient (Wildman–Crippen LogP) is 3.39. The first-order valence-electron chi connectivity index (χ1n) is 5.98. The molecule has 1 amide bonds. The highest BCUT2D eigenvalue weighted by Gasteiger charge is 2.06. The Morgan fingerprint density at radius 2 is 1.94 bits per heavy atom. The molecule has 0 saturated heterocycles. The summed E-state index contributed by atoms with van der Waals surface area (Å²) in [7, 11) is 0. The van der Waals surface area contributed by atoms with Crippen LogP contribution in [0.1, 0.15) is 36.0 Å². The minimum Gasteiger partial charge on any atom is -0.396 e. The smallest absolute Gasteiger partial charge is 0.251 e. The molecule has 0 radical (unpaired) electrons. The van der Waals surface area contributed by atoms with Crippen molar-refractivity contribution in [3.63, 3.8) is 0 Å². The van der Waals surface area contributed by atoms with E-state index < -0.39 is 0 Å². The minimum absolute atomic E-state index is 0.111. The Bertz CT molecular complexity index is 378. The van der Waals surface area contributed by atoms with Crippen LogP contribution < -0.4 is 5.32 Å². The standard InChI is InChI=1S/C13H17BrClNO2/c14-11-7-10(8-12(15)9-11)13(18)16-5-3-1-2-4-6-17/h7-9,17H,1-6H2,(H,16,18). The van der Waals surface area contributed by atoms with E-state index in [0.717, 1.165) is 30.2 Å². The molecule has 0 aliphatic heterocycles. The van der Waals surface area contributed by atoms with Gasteiger partial charge in [-0.05, 0) is 31.0 Å². The van der Waals surface area contributed by atoms with Crippen molar-refractivity contribution < 1.29 is 9.90 Å². The first-order chi connectivity index (χ1) is 8.63. The minimum atomic E-state index is -0.111. The highest BCUT2D eigenvalue weighted by atomic mass is 79.9. The van der Waals surface area contributed by atoms with Crippen molar-refractivity contribution in [2.45, 2.75) is 25.7 Å². The summed E-state index contributed by atoms with van der Waals surface area (Å²) in [6, 6.07) is 5.13. The summed E-state index contributed by atoms with van der Waals surface area (Å²) in [6.07, 6.45) is 3.76. The number of aliphatic hydroxyl groups is 1. The molecular weight excluding hydrogens is 318 g/mol. The van der Waals surface area contributed by atoms with E-state index in [9.17, 15) is 4.79 Å². The molecule has 0 fully saturated rings. The Balaban J connectivity index is 2.32. The van der Waals surface area contributed by atoms with Gasteiger partial charge in [-0.25, -0.2) is 0 Å². The third-order valence-corrected chi connectivity index (χ3v) is 3.17. The number of amides is 1. The second-order valence-electron chi connectivity index (χ2n) is 4.05. The number of aliphatic hydroxyl groups excluding tert-OH is 1. The van der Waals surface area contributed by atoms with E-state index in [-0.39, 0.29) is 12.5 Å². The molecule has 1 aromatic rings. The molecule has 0 heterocycles. The summed E-state index contributed by atoms with van der Waals surface area (Å²) in [5.41, 5.74) is 0.560. The number of hydrogen-bond acceptors (Lipinski definition) is 2. The molecule has 3 nitrogen and oxygen atoms in total. The van der Waals surface area contributed by atoms with Crippen molar-refractivity contribution in [3.8, 4) is 0 Å². The van der Waals surface area contributed by atoms with Crippen LogP contribution in [-0.2, 0) is 0 Å². The van der Waals surface area contributed by atoms with Crippen LogP contribution in [0.2, 0.25) is 5.02 Å². The summed E-state index contributed by atoms with van der Waals surface area (Å²) in [4.78, 5) is 11.8. The molecule has 0 aliphatic carbocycles. The monoisotopic (exact) mass is 333 g/mol. The van der Waals surface area contributed by atoms with E-state index in [2.05, 4.69) is 21.2 Å². The Kier molecular flexibility index (Phi) is 7.32. The molecule has 0 aromatic heterocycles. The van der Waals surface area contributed by atoms with Crippen molar-refractivity contribution in [1.29, 1.82) is 0 Å². The molecule has 100 valence electrons. The Hall–Kier alpha value is -0.580. The van der Waals surface area contributed by atoms with Gasteiger partial charge in [-0.15, -0.1) is 0 Å². The van der Waals surface area contributed by atoms with Crippen LogP contribution in [0.25, 0.3) is 0 Å². The molecule has 0 unspecified atom stereocenters. The number of nitrogens with one attached hydrogen (secondary N) is 1. The van der Waals surface area contributed by atoms with Crippen LogP contribution in [0.5, 0.6) is 0 Å². The lowest BCUT2D eigenvalue weighted by atomic mass is 10.2. The van der Waals surface area contributed by atoms with E-state index in [1.54, 1.807) is 18.2 Å². The van der Waals surface area contributed by atoms with Gasteiger partial charge in [0.2, 0.25) is 0 Å². The van der Waals surface area contributed by atoms with Crippen LogP contribution in [-0.4, -0.2) is 24.2 Å². The van der Waals surface area contributed by atoms with E-state index in [0.29, 0.717) is 17.1 Å². The second-order valence-corrected chi connectivity index (χ2v) is 5.40. The van der Waals surface area contributed by atoms with Gasteiger partial charge in [0.05, 0.1) is 0 Å². The van der Waals surface area contributed by atoms with Gasteiger partial charge < -0.3 is 10.4 Å². The number of hydrogen-bond donors (Lipinski definition) is 2. The zero-order valence-electron chi connectivity index (χ0n) is 10.1. The summed E-state index contributed by atoms with van der Waals surface area (Å²) >= 11 is 9.18. The van der Waals surface area contributed by atoms with Gasteiger partial charge >= 0.3 is 0 Å². The molecule has 1 aromatic carbocycles. The van der Waals surface area contributed by atoms with E-state index in [1.165, 1.54) is 0 Å². The van der Waals surface area contributed by atoms with Crippen LogP contribution in [0.15, 0.2) is 22.7 Å². The highest BCUT2D eigenvalue weighted by molar-refractivity contribution is 9.10. The van der Waals surface area contributed by atoms with Crippen LogP contribution in [0, 0.1) is 0 Å². The average molecular weight is 335 g/mol. The first-order valence-corrected chi connectivity index (χ1v) is 7.15. The van der Waals surface area contributed by atoms with Gasteiger partial charge in [0.15, 0.2) is 0 Å². The van der Waals surface area contributed by atoms with Gasteiger partial charge in [0, 0.05) is 28.2 Å². The summed E-state index contributed by atoms with van der Waals surface area (Å²) in [5, 5.41) is 12.0. The van der Waals surface area contributed by atoms with E-state index in [1.807, 2.05) is 0 Å². The third kappa shape index (κ3) is 5.85. The molecule has 1 rings (SSSR count). The number of carbonyl (C=O) groups is 1. The molecule has 0 spiro atoms. The van der Waals surface area contributed by atoms with Gasteiger partial charge in [-0.2, -0.15) is 0 Å². The molecule has 0 bridgehead atoms. The average Bonchev–Trinajstić information content (AvgIpc) is 2.32. The van der Waals surface area contributed by atoms with Crippen molar-refractivity contribution >= 4 is 33.4 Å². The summed E-state index contributed by atoms with van der Waals surface area (Å²) < 4.78 is 0.795. The lowest BCUT2D eigenvalue weighted by Crippen LogP contribution is -2.24. The highest BCUT2D eigenvalue weighted by Crippen LogP contribution is 2.19. The van der Waals surface area contributed by atoms with Crippen molar-refractivity contribution in [3.05, 3.63) is 33.3 Å². The summed E-state index contributed by atoms with van der Waals surface area (Å²) in [5.74, 6) is -0.111. The quantitative estimate of drug-likeness (QED) is 0.751. The zero-order chi connectivity index (χ0) is 13.4. The Labute approximate surface area is 121 Å². The van der Waals surface area contributed by atoms with E-state index >= 15 is 0 Å². The number of carbonyl (C=O) groups excluding carboxylic acids is 1. The van der Waals surface area contributed by atoms with Crippen molar-refractivity contribution in [2.75, 3.05) is 13.2 Å². The maximum Gasteiger partial charge on any atom is 0.251 e. The summed E-state index contributed by atoms with van der Waals surface area (Å²) in [6.45, 7) is 0.886. The molecule has 0 aliphatic rings.